The Bertz CT molecular complexity index is 1650. The van der Waals surface area contributed by atoms with Gasteiger partial charge in [-0.05, 0) is 62.5 Å². The number of sulfonamides is 1. The lowest BCUT2D eigenvalue weighted by Gasteiger charge is -2.42. The van der Waals surface area contributed by atoms with Gasteiger partial charge in [0, 0.05) is 36.0 Å². The second kappa shape index (κ2) is 12.6. The molecule has 1 unspecified atom stereocenters. The predicted molar refractivity (Wildman–Crippen MR) is 187 cm³/mol. The maximum absolute atomic E-state index is 14.7. The summed E-state index contributed by atoms with van der Waals surface area (Å²) in [6.07, 6.45) is 3.26. The number of carbonyl (C=O) groups excluding carboxylic acids is 5. The minimum Gasteiger partial charge on any atom is -0.363 e. The second-order valence-corrected chi connectivity index (χ2v) is 19.5. The molecule has 0 aromatic heterocycles. The van der Waals surface area contributed by atoms with Crippen molar-refractivity contribution in [1.29, 1.82) is 0 Å². The number of nitrogens with two attached hydrogens (primary N) is 1. The number of rotatable bonds is 10. The number of likely N-dealkylation sites (tertiary alicyclic amines) is 1. The zero-order valence-electron chi connectivity index (χ0n) is 30.6. The number of fused-ring (bicyclic) bond motifs is 1. The highest BCUT2D eigenvalue weighted by atomic mass is 32.2. The molecule has 0 radical (unpaired) electrons. The quantitative estimate of drug-likeness (QED) is 0.268. The summed E-state index contributed by atoms with van der Waals surface area (Å²) in [5, 5.41) is 8.49. The van der Waals surface area contributed by atoms with Gasteiger partial charge in [0.05, 0.1) is 10.9 Å². The Morgan fingerprint density at radius 2 is 1.52 bits per heavy atom. The molecule has 2 aliphatic carbocycles. The van der Waals surface area contributed by atoms with Crippen LogP contribution in [-0.4, -0.2) is 90.5 Å². The number of hydrogen-bond donors (Lipinski definition) is 4. The summed E-state index contributed by atoms with van der Waals surface area (Å²) in [7, 11) is -3.76. The molecule has 0 bridgehead atoms. The van der Waals surface area contributed by atoms with E-state index in [9.17, 15) is 32.4 Å². The SMILES string of the molecule is CC(C)(C)NC(=O)N[C@H](C(=O)N1C[C@]2(C[C@H]1C(=O)NC(CC1CCC1)C(=O)C(N)=O)C(C)(C)C21CN(S(=O)(=O)c2ccccc2)C1)C(C)(C)C. The molecule has 1 aromatic rings. The van der Waals surface area contributed by atoms with Crippen LogP contribution in [-0.2, 0) is 29.2 Å². The summed E-state index contributed by atoms with van der Waals surface area (Å²) in [4.78, 5) is 68.7. The van der Waals surface area contributed by atoms with Crippen molar-refractivity contribution in [2.45, 2.75) is 116 Å². The Kier molecular flexibility index (Phi) is 9.51. The molecule has 5 N–H and O–H groups in total. The largest absolute Gasteiger partial charge is 0.363 e. The Hall–Kier alpha value is -3.52. The van der Waals surface area contributed by atoms with Crippen molar-refractivity contribution < 1.29 is 32.4 Å². The zero-order valence-corrected chi connectivity index (χ0v) is 31.4. The van der Waals surface area contributed by atoms with Gasteiger partial charge in [0.2, 0.25) is 27.6 Å². The van der Waals surface area contributed by atoms with Gasteiger partial charge in [0.25, 0.3) is 5.91 Å². The molecular formula is C36H54N6O7S. The van der Waals surface area contributed by atoms with Crippen LogP contribution in [0.3, 0.4) is 0 Å². The van der Waals surface area contributed by atoms with E-state index >= 15 is 0 Å². The van der Waals surface area contributed by atoms with Gasteiger partial charge in [-0.25, -0.2) is 13.2 Å². The molecule has 1 aromatic carbocycles. The molecule has 13 nitrogen and oxygen atoms in total. The fourth-order valence-electron chi connectivity index (χ4n) is 8.65. The highest BCUT2D eigenvalue weighted by Gasteiger charge is 2.88. The first-order valence-corrected chi connectivity index (χ1v) is 19.0. The predicted octanol–water partition coefficient (Wildman–Crippen LogP) is 2.55. The van der Waals surface area contributed by atoms with E-state index in [1.54, 1.807) is 30.3 Å². The number of benzene rings is 1. The van der Waals surface area contributed by atoms with Crippen molar-refractivity contribution in [1.82, 2.24) is 25.2 Å². The number of urea groups is 1. The van der Waals surface area contributed by atoms with E-state index in [0.29, 0.717) is 0 Å². The van der Waals surface area contributed by atoms with E-state index in [-0.39, 0.29) is 43.3 Å². The van der Waals surface area contributed by atoms with E-state index in [1.807, 2.05) is 41.5 Å². The monoisotopic (exact) mass is 714 g/mol. The average Bonchev–Trinajstić information content (AvgIpc) is 3.19. The Labute approximate surface area is 295 Å². The minimum absolute atomic E-state index is 0.155. The average molecular weight is 715 g/mol. The van der Waals surface area contributed by atoms with E-state index < -0.39 is 84.9 Å². The molecule has 2 saturated heterocycles. The van der Waals surface area contributed by atoms with Crippen LogP contribution in [0.5, 0.6) is 0 Å². The first-order valence-electron chi connectivity index (χ1n) is 17.6. The Morgan fingerprint density at radius 3 is 2.02 bits per heavy atom. The molecule has 4 aliphatic rings. The number of primary amides is 1. The van der Waals surface area contributed by atoms with Crippen LogP contribution in [0.2, 0.25) is 0 Å². The summed E-state index contributed by atoms with van der Waals surface area (Å²) >= 11 is 0. The highest BCUT2D eigenvalue weighted by molar-refractivity contribution is 7.89. The van der Waals surface area contributed by atoms with Gasteiger partial charge in [-0.1, -0.05) is 72.1 Å². The number of Topliss-reactive ketones (excluding diaryl/α,β-unsaturated/α-hetero) is 1. The Morgan fingerprint density at radius 1 is 0.920 bits per heavy atom. The number of ketones is 1. The van der Waals surface area contributed by atoms with Gasteiger partial charge in [0.15, 0.2) is 0 Å². The molecule has 276 valence electrons. The van der Waals surface area contributed by atoms with Crippen molar-refractivity contribution >= 4 is 39.6 Å². The molecule has 14 heteroatoms. The third kappa shape index (κ3) is 6.42. The van der Waals surface area contributed by atoms with E-state index in [1.165, 1.54) is 9.21 Å². The van der Waals surface area contributed by atoms with Crippen LogP contribution in [0.15, 0.2) is 35.2 Å². The van der Waals surface area contributed by atoms with Gasteiger partial charge in [-0.2, -0.15) is 4.31 Å². The molecule has 5 amide bonds. The van der Waals surface area contributed by atoms with Gasteiger partial charge >= 0.3 is 6.03 Å². The van der Waals surface area contributed by atoms with Crippen molar-refractivity contribution in [2.75, 3.05) is 19.6 Å². The maximum atomic E-state index is 14.7. The lowest BCUT2D eigenvalue weighted by atomic mass is 9.80. The van der Waals surface area contributed by atoms with Crippen LogP contribution in [0.4, 0.5) is 4.79 Å². The molecule has 50 heavy (non-hydrogen) atoms. The number of nitrogens with one attached hydrogen (secondary N) is 3. The molecule has 2 heterocycles. The lowest BCUT2D eigenvalue weighted by Crippen LogP contribution is -2.61. The third-order valence-corrected chi connectivity index (χ3v) is 13.8. The summed E-state index contributed by atoms with van der Waals surface area (Å²) in [5.41, 5.74) is 2.45. The summed E-state index contributed by atoms with van der Waals surface area (Å²) in [6, 6.07) is 4.52. The number of amides is 5. The second-order valence-electron chi connectivity index (χ2n) is 17.5. The molecule has 5 rings (SSSR count). The normalized spacial score (nSPS) is 25.6. The molecule has 2 spiro atoms. The number of carbonyl (C=O) groups is 5. The lowest BCUT2D eigenvalue weighted by molar-refractivity contribution is -0.143. The van der Waals surface area contributed by atoms with Crippen molar-refractivity contribution in [3.05, 3.63) is 30.3 Å². The smallest absolute Gasteiger partial charge is 0.315 e. The van der Waals surface area contributed by atoms with Crippen LogP contribution in [0, 0.1) is 27.6 Å². The Balaban J connectivity index is 1.47. The highest BCUT2D eigenvalue weighted by Crippen LogP contribution is 2.84. The summed E-state index contributed by atoms with van der Waals surface area (Å²) in [6.45, 7) is 15.7. The fourth-order valence-corrected chi connectivity index (χ4v) is 10.2. The van der Waals surface area contributed by atoms with Crippen molar-refractivity contribution in [3.8, 4) is 0 Å². The standard InChI is InChI=1S/C36H54N6O7S/c1-32(2,3)27(39-31(47)40-33(4,5)6)30(46)42-21-35(18-25(42)29(45)38-24(26(43)28(37)44)17-22-13-12-14-22)34(7,8)36(35)19-41(20-36)50(48,49)23-15-10-9-11-16-23/h9-11,15-16,22,24-25,27H,12-14,17-21H2,1-8H3,(H2,37,44)(H,38,45)(H2,39,40,47)/t24?,25-,27+,35+/m0/s1. The summed E-state index contributed by atoms with van der Waals surface area (Å²) < 4.78 is 28.5. The molecule has 2 aliphatic heterocycles. The van der Waals surface area contributed by atoms with Gasteiger partial charge in [-0.3, -0.25) is 19.2 Å². The van der Waals surface area contributed by atoms with Crippen LogP contribution in [0.25, 0.3) is 0 Å². The molecule has 4 atom stereocenters. The maximum Gasteiger partial charge on any atom is 0.315 e. The molecule has 2 saturated carbocycles. The van der Waals surface area contributed by atoms with E-state index in [2.05, 4.69) is 29.8 Å². The van der Waals surface area contributed by atoms with E-state index in [4.69, 9.17) is 5.73 Å². The van der Waals surface area contributed by atoms with Crippen LogP contribution in [0.1, 0.15) is 87.5 Å². The third-order valence-electron chi connectivity index (χ3n) is 12.0. The van der Waals surface area contributed by atoms with Gasteiger partial charge < -0.3 is 26.6 Å². The van der Waals surface area contributed by atoms with E-state index in [0.717, 1.165) is 19.3 Å². The summed E-state index contributed by atoms with van der Waals surface area (Å²) in [5.74, 6) is -2.88. The first kappa shape index (κ1) is 37.7. The number of nitrogens with zero attached hydrogens (tertiary/aromatic N) is 2. The van der Waals surface area contributed by atoms with Gasteiger partial charge in [-0.15, -0.1) is 0 Å². The van der Waals surface area contributed by atoms with Crippen molar-refractivity contribution in [2.24, 2.45) is 33.3 Å². The topological polar surface area (TPSA) is 188 Å². The van der Waals surface area contributed by atoms with Crippen molar-refractivity contribution in [3.63, 3.8) is 0 Å². The van der Waals surface area contributed by atoms with Gasteiger partial charge in [0.1, 0.15) is 12.1 Å². The molecule has 4 fully saturated rings. The van der Waals surface area contributed by atoms with Crippen LogP contribution < -0.4 is 21.7 Å². The van der Waals surface area contributed by atoms with Crippen LogP contribution >= 0.6 is 0 Å². The number of hydrogen-bond acceptors (Lipinski definition) is 7. The fraction of sp³-hybridized carbons (Fsp3) is 0.694. The minimum atomic E-state index is -3.76. The zero-order chi connectivity index (χ0) is 37.2. The first-order chi connectivity index (χ1) is 23.0. The molecular weight excluding hydrogens is 660 g/mol.